The van der Waals surface area contributed by atoms with Crippen molar-refractivity contribution in [1.29, 1.82) is 0 Å². The Morgan fingerprint density at radius 3 is 2.67 bits per heavy atom. The molecule has 0 spiro atoms. The van der Waals surface area contributed by atoms with Crippen LogP contribution in [0.4, 0.5) is 4.39 Å². The van der Waals surface area contributed by atoms with Crippen LogP contribution in [0.1, 0.15) is 27.0 Å². The predicted octanol–water partition coefficient (Wildman–Crippen LogP) is 4.54. The summed E-state index contributed by atoms with van der Waals surface area (Å²) in [7, 11) is 0. The van der Waals surface area contributed by atoms with Crippen molar-refractivity contribution >= 4 is 27.3 Å². The third kappa shape index (κ3) is 2.99. The van der Waals surface area contributed by atoms with Gasteiger partial charge in [-0.15, -0.1) is 11.3 Å². The van der Waals surface area contributed by atoms with Crippen molar-refractivity contribution in [1.82, 2.24) is 0 Å². The molecule has 1 nitrogen and oxygen atoms in total. The van der Waals surface area contributed by atoms with Crippen molar-refractivity contribution in [2.75, 3.05) is 0 Å². The maximum absolute atomic E-state index is 13.2. The number of benzene rings is 1. The van der Waals surface area contributed by atoms with Gasteiger partial charge in [-0.1, -0.05) is 15.9 Å². The molecule has 1 heterocycles. The number of thiophene rings is 1. The Labute approximate surface area is 118 Å². The van der Waals surface area contributed by atoms with Gasteiger partial charge in [-0.05, 0) is 49.2 Å². The topological polar surface area (TPSA) is 20.2 Å². The molecule has 0 saturated carbocycles. The van der Waals surface area contributed by atoms with Gasteiger partial charge in [-0.3, -0.25) is 0 Å². The van der Waals surface area contributed by atoms with Crippen LogP contribution in [0.5, 0.6) is 0 Å². The molecule has 1 N–H and O–H groups in total. The first-order valence-corrected chi connectivity index (χ1v) is 7.27. The number of aliphatic hydroxyl groups is 1. The van der Waals surface area contributed by atoms with Crippen LogP contribution in [-0.4, -0.2) is 5.11 Å². The lowest BCUT2D eigenvalue weighted by Crippen LogP contribution is -2.00. The summed E-state index contributed by atoms with van der Waals surface area (Å²) in [6.45, 7) is 4.06. The molecule has 1 aromatic heterocycles. The second-order valence-electron chi connectivity index (χ2n) is 4.34. The van der Waals surface area contributed by atoms with Crippen molar-refractivity contribution in [3.63, 3.8) is 0 Å². The van der Waals surface area contributed by atoms with E-state index in [0.717, 1.165) is 14.9 Å². The fourth-order valence-electron chi connectivity index (χ4n) is 1.77. The van der Waals surface area contributed by atoms with E-state index in [1.54, 1.807) is 17.4 Å². The SMILES string of the molecule is Cc1cc(C(O)Cc2cc(F)ccc2Br)sc1C. The highest BCUT2D eigenvalue weighted by atomic mass is 79.9. The van der Waals surface area contributed by atoms with Gasteiger partial charge >= 0.3 is 0 Å². The predicted molar refractivity (Wildman–Crippen MR) is 76.6 cm³/mol. The quantitative estimate of drug-likeness (QED) is 0.876. The average Bonchev–Trinajstić information content (AvgIpc) is 2.64. The Bertz CT molecular complexity index is 545. The van der Waals surface area contributed by atoms with Crippen molar-refractivity contribution in [2.24, 2.45) is 0 Å². The van der Waals surface area contributed by atoms with Gasteiger partial charge in [0.05, 0.1) is 6.10 Å². The van der Waals surface area contributed by atoms with Crippen LogP contribution in [0.25, 0.3) is 0 Å². The van der Waals surface area contributed by atoms with Gasteiger partial charge in [0.1, 0.15) is 5.82 Å². The zero-order chi connectivity index (χ0) is 13.3. The minimum absolute atomic E-state index is 0.279. The number of rotatable bonds is 3. The summed E-state index contributed by atoms with van der Waals surface area (Å²) in [5.74, 6) is -0.279. The lowest BCUT2D eigenvalue weighted by atomic mass is 10.1. The molecular formula is C14H14BrFOS. The normalized spacial score (nSPS) is 12.7. The maximum atomic E-state index is 13.2. The third-order valence-corrected chi connectivity index (χ3v) is 4.96. The van der Waals surface area contributed by atoms with Gasteiger partial charge < -0.3 is 5.11 Å². The van der Waals surface area contributed by atoms with Crippen molar-refractivity contribution in [3.05, 3.63) is 55.4 Å². The summed E-state index contributed by atoms with van der Waals surface area (Å²) >= 11 is 4.97. The number of hydrogen-bond donors (Lipinski definition) is 1. The molecule has 0 bridgehead atoms. The number of halogens is 2. The minimum atomic E-state index is -0.583. The molecule has 0 aliphatic carbocycles. The third-order valence-electron chi connectivity index (χ3n) is 2.93. The molecule has 4 heteroatoms. The summed E-state index contributed by atoms with van der Waals surface area (Å²) in [6, 6.07) is 6.53. The Morgan fingerprint density at radius 2 is 2.06 bits per heavy atom. The monoisotopic (exact) mass is 328 g/mol. The summed E-state index contributed by atoms with van der Waals surface area (Å²) in [4.78, 5) is 2.14. The van der Waals surface area contributed by atoms with E-state index >= 15 is 0 Å². The highest BCUT2D eigenvalue weighted by Gasteiger charge is 2.14. The Balaban J connectivity index is 2.20. The largest absolute Gasteiger partial charge is 0.387 e. The second-order valence-corrected chi connectivity index (χ2v) is 6.49. The Hall–Kier alpha value is -0.710. The first kappa shape index (κ1) is 13.7. The van der Waals surface area contributed by atoms with E-state index in [-0.39, 0.29) is 5.82 Å². The molecule has 1 unspecified atom stereocenters. The highest BCUT2D eigenvalue weighted by molar-refractivity contribution is 9.10. The lowest BCUT2D eigenvalue weighted by Gasteiger charge is -2.10. The van der Waals surface area contributed by atoms with E-state index in [0.29, 0.717) is 6.42 Å². The molecule has 1 atom stereocenters. The van der Waals surface area contributed by atoms with E-state index in [4.69, 9.17) is 0 Å². The zero-order valence-corrected chi connectivity index (χ0v) is 12.6. The molecule has 0 amide bonds. The van der Waals surface area contributed by atoms with Crippen LogP contribution in [0.15, 0.2) is 28.7 Å². The second kappa shape index (κ2) is 5.51. The van der Waals surface area contributed by atoms with Crippen molar-refractivity contribution in [3.8, 4) is 0 Å². The van der Waals surface area contributed by atoms with Gasteiger partial charge in [-0.25, -0.2) is 4.39 Å². The van der Waals surface area contributed by atoms with Gasteiger partial charge in [-0.2, -0.15) is 0 Å². The van der Waals surface area contributed by atoms with Crippen LogP contribution in [-0.2, 0) is 6.42 Å². The van der Waals surface area contributed by atoms with Crippen LogP contribution in [0, 0.1) is 19.7 Å². The zero-order valence-electron chi connectivity index (χ0n) is 10.2. The van der Waals surface area contributed by atoms with Crippen LogP contribution >= 0.6 is 27.3 Å². The van der Waals surface area contributed by atoms with Crippen LogP contribution in [0.2, 0.25) is 0 Å². The fraction of sp³-hybridized carbons (Fsp3) is 0.286. The van der Waals surface area contributed by atoms with Gasteiger partial charge in [0.2, 0.25) is 0 Å². The molecular weight excluding hydrogens is 315 g/mol. The summed E-state index contributed by atoms with van der Waals surface area (Å²) < 4.78 is 14.0. The summed E-state index contributed by atoms with van der Waals surface area (Å²) in [6.07, 6.45) is -0.168. The molecule has 18 heavy (non-hydrogen) atoms. The fourth-order valence-corrected chi connectivity index (χ4v) is 3.21. The Kier molecular flexibility index (Phi) is 4.20. The first-order valence-electron chi connectivity index (χ1n) is 5.66. The first-order chi connectivity index (χ1) is 8.47. The smallest absolute Gasteiger partial charge is 0.123 e. The number of aryl methyl sites for hydroxylation is 2. The van der Waals surface area contributed by atoms with Gasteiger partial charge in [0.25, 0.3) is 0 Å². The van der Waals surface area contributed by atoms with E-state index in [9.17, 15) is 9.50 Å². The van der Waals surface area contributed by atoms with E-state index in [2.05, 4.69) is 15.9 Å². The van der Waals surface area contributed by atoms with E-state index in [1.807, 2.05) is 19.9 Å². The summed E-state index contributed by atoms with van der Waals surface area (Å²) in [5.41, 5.74) is 1.97. The average molecular weight is 329 g/mol. The summed E-state index contributed by atoms with van der Waals surface area (Å²) in [5, 5.41) is 10.2. The molecule has 0 aliphatic rings. The van der Waals surface area contributed by atoms with Crippen LogP contribution in [0.3, 0.4) is 0 Å². The standard InChI is InChI=1S/C14H14BrFOS/c1-8-5-14(18-9(8)2)13(17)7-10-6-11(16)3-4-12(10)15/h3-6,13,17H,7H2,1-2H3. The Morgan fingerprint density at radius 1 is 1.33 bits per heavy atom. The molecule has 1 aromatic carbocycles. The van der Waals surface area contributed by atoms with Gasteiger partial charge in [0, 0.05) is 20.6 Å². The van der Waals surface area contributed by atoms with Crippen molar-refractivity contribution < 1.29 is 9.50 Å². The molecule has 0 fully saturated rings. The molecule has 0 radical (unpaired) electrons. The number of hydrogen-bond acceptors (Lipinski definition) is 2. The van der Waals surface area contributed by atoms with E-state index in [1.165, 1.54) is 22.6 Å². The molecule has 0 saturated heterocycles. The molecule has 96 valence electrons. The lowest BCUT2D eigenvalue weighted by molar-refractivity contribution is 0.182. The van der Waals surface area contributed by atoms with Crippen molar-refractivity contribution in [2.45, 2.75) is 26.4 Å². The van der Waals surface area contributed by atoms with Gasteiger partial charge in [0.15, 0.2) is 0 Å². The van der Waals surface area contributed by atoms with Crippen LogP contribution < -0.4 is 0 Å². The molecule has 2 aromatic rings. The molecule has 0 aliphatic heterocycles. The van der Waals surface area contributed by atoms with E-state index < -0.39 is 6.10 Å². The molecule has 2 rings (SSSR count). The number of aliphatic hydroxyl groups excluding tert-OH is 1. The highest BCUT2D eigenvalue weighted by Crippen LogP contribution is 2.30. The minimum Gasteiger partial charge on any atom is -0.387 e. The maximum Gasteiger partial charge on any atom is 0.123 e.